The first-order chi connectivity index (χ1) is 6.81. The fourth-order valence-corrected chi connectivity index (χ4v) is 1.21. The van der Waals surface area contributed by atoms with Crippen LogP contribution in [0.4, 0.5) is 0 Å². The predicted octanol–water partition coefficient (Wildman–Crippen LogP) is 3.54. The van der Waals surface area contributed by atoms with Crippen LogP contribution < -0.4 is 0 Å². The highest BCUT2D eigenvalue weighted by molar-refractivity contribution is 5.78. The van der Waals surface area contributed by atoms with Crippen molar-refractivity contribution in [3.8, 4) is 0 Å². The maximum Gasteiger partial charge on any atom is 0.0650 e. The summed E-state index contributed by atoms with van der Waals surface area (Å²) in [6, 6.07) is 6.36. The molecule has 1 heterocycles. The van der Waals surface area contributed by atoms with Gasteiger partial charge in [-0.25, -0.2) is 0 Å². The third-order valence-corrected chi connectivity index (χ3v) is 1.91. The van der Waals surface area contributed by atoms with Crippen LogP contribution in [0.3, 0.4) is 0 Å². The molecule has 76 valence electrons. The smallest absolute Gasteiger partial charge is 0.0650 e. The summed E-state index contributed by atoms with van der Waals surface area (Å²) in [5.41, 5.74) is 2.47. The lowest BCUT2D eigenvalue weighted by atomic mass is 10.1. The Bertz CT molecular complexity index is 376. The second kappa shape index (κ2) is 5.43. The Kier molecular flexibility index (Phi) is 4.17. The average molecular weight is 190 g/mol. The molecule has 0 aliphatic carbocycles. The molecule has 2 nitrogen and oxygen atoms in total. The lowest BCUT2D eigenvalue weighted by Gasteiger charge is -1.93. The van der Waals surface area contributed by atoms with Crippen molar-refractivity contribution < 1.29 is 0 Å². The quantitative estimate of drug-likeness (QED) is 0.732. The molecule has 1 N–H and O–H groups in total. The lowest BCUT2D eigenvalue weighted by molar-refractivity contribution is 1.09. The SMILES string of the molecule is CCC.CCc1ccc2[nH]ncc2c1. The van der Waals surface area contributed by atoms with Crippen LogP contribution in [0.25, 0.3) is 10.9 Å². The lowest BCUT2D eigenvalue weighted by Crippen LogP contribution is -1.77. The molecule has 0 atom stereocenters. The molecule has 2 aromatic rings. The Morgan fingerprint density at radius 1 is 1.21 bits per heavy atom. The molecule has 0 amide bonds. The molecule has 14 heavy (non-hydrogen) atoms. The van der Waals surface area contributed by atoms with Crippen molar-refractivity contribution in [1.29, 1.82) is 0 Å². The number of hydrogen-bond acceptors (Lipinski definition) is 1. The zero-order chi connectivity index (χ0) is 10.4. The van der Waals surface area contributed by atoms with Gasteiger partial charge in [0.05, 0.1) is 11.7 Å². The van der Waals surface area contributed by atoms with Crippen molar-refractivity contribution in [2.75, 3.05) is 0 Å². The van der Waals surface area contributed by atoms with Crippen LogP contribution in [-0.4, -0.2) is 10.2 Å². The van der Waals surface area contributed by atoms with Gasteiger partial charge in [-0.15, -0.1) is 0 Å². The molecule has 0 saturated carbocycles. The summed E-state index contributed by atoms with van der Waals surface area (Å²) in [5, 5.41) is 8.07. The van der Waals surface area contributed by atoms with Gasteiger partial charge in [-0.3, -0.25) is 5.10 Å². The van der Waals surface area contributed by atoms with E-state index < -0.39 is 0 Å². The van der Waals surface area contributed by atoms with Gasteiger partial charge in [0.15, 0.2) is 0 Å². The molecule has 2 rings (SSSR count). The van der Waals surface area contributed by atoms with E-state index in [1.807, 2.05) is 6.20 Å². The molecule has 0 fully saturated rings. The molecule has 1 aromatic carbocycles. The van der Waals surface area contributed by atoms with Crippen LogP contribution in [0.15, 0.2) is 24.4 Å². The van der Waals surface area contributed by atoms with Crippen molar-refractivity contribution in [2.24, 2.45) is 0 Å². The van der Waals surface area contributed by atoms with Gasteiger partial charge in [0, 0.05) is 5.39 Å². The van der Waals surface area contributed by atoms with Crippen LogP contribution >= 0.6 is 0 Å². The standard InChI is InChI=1S/C9H10N2.C3H8/c1-2-7-3-4-9-8(5-7)6-10-11-9;1-3-2/h3-6H,2H2,1H3,(H,10,11);3H2,1-2H3. The third kappa shape index (κ3) is 2.59. The van der Waals surface area contributed by atoms with E-state index in [4.69, 9.17) is 0 Å². The Morgan fingerprint density at radius 2 is 1.93 bits per heavy atom. The number of nitrogens with zero attached hydrogens (tertiary/aromatic N) is 1. The first-order valence-corrected chi connectivity index (χ1v) is 5.23. The summed E-state index contributed by atoms with van der Waals surface area (Å²) in [6.45, 7) is 6.40. The first-order valence-electron chi connectivity index (χ1n) is 5.23. The van der Waals surface area contributed by atoms with Crippen molar-refractivity contribution >= 4 is 10.9 Å². The van der Waals surface area contributed by atoms with Crippen molar-refractivity contribution in [1.82, 2.24) is 10.2 Å². The monoisotopic (exact) mass is 190 g/mol. The Morgan fingerprint density at radius 3 is 2.57 bits per heavy atom. The van der Waals surface area contributed by atoms with E-state index in [0.717, 1.165) is 11.9 Å². The number of benzene rings is 1. The first kappa shape index (κ1) is 10.8. The minimum Gasteiger partial charge on any atom is -0.278 e. The maximum atomic E-state index is 3.95. The zero-order valence-electron chi connectivity index (χ0n) is 9.17. The fraction of sp³-hybridized carbons (Fsp3) is 0.417. The van der Waals surface area contributed by atoms with E-state index in [2.05, 4.69) is 49.2 Å². The summed E-state index contributed by atoms with van der Waals surface area (Å²) in [5.74, 6) is 0. The summed E-state index contributed by atoms with van der Waals surface area (Å²) in [7, 11) is 0. The number of hydrogen-bond donors (Lipinski definition) is 1. The largest absolute Gasteiger partial charge is 0.278 e. The minimum absolute atomic E-state index is 1.08. The number of H-pyrrole nitrogens is 1. The van der Waals surface area contributed by atoms with Gasteiger partial charge in [0.2, 0.25) is 0 Å². The second-order valence-corrected chi connectivity index (χ2v) is 3.35. The summed E-state index contributed by atoms with van der Waals surface area (Å²) in [6.07, 6.45) is 4.19. The zero-order valence-corrected chi connectivity index (χ0v) is 9.17. The maximum absolute atomic E-state index is 3.95. The molecule has 0 radical (unpaired) electrons. The van der Waals surface area contributed by atoms with E-state index in [0.29, 0.717) is 0 Å². The average Bonchev–Trinajstić information content (AvgIpc) is 2.65. The van der Waals surface area contributed by atoms with E-state index in [1.54, 1.807) is 0 Å². The summed E-state index contributed by atoms with van der Waals surface area (Å²) in [4.78, 5) is 0. The number of nitrogens with one attached hydrogen (secondary N) is 1. The topological polar surface area (TPSA) is 28.7 Å². The Hall–Kier alpha value is -1.31. The van der Waals surface area contributed by atoms with Gasteiger partial charge in [0.1, 0.15) is 0 Å². The Labute approximate surface area is 85.3 Å². The number of aromatic nitrogens is 2. The molecule has 0 saturated heterocycles. The van der Waals surface area contributed by atoms with Crippen molar-refractivity contribution in [3.63, 3.8) is 0 Å². The third-order valence-electron chi connectivity index (χ3n) is 1.91. The normalized spacial score (nSPS) is 9.64. The predicted molar refractivity (Wildman–Crippen MR) is 61.4 cm³/mol. The van der Waals surface area contributed by atoms with Gasteiger partial charge in [-0.05, 0) is 24.1 Å². The van der Waals surface area contributed by atoms with Crippen molar-refractivity contribution in [3.05, 3.63) is 30.0 Å². The molecule has 0 unspecified atom stereocenters. The summed E-state index contributed by atoms with van der Waals surface area (Å²) < 4.78 is 0. The van der Waals surface area contributed by atoms with E-state index >= 15 is 0 Å². The number of fused-ring (bicyclic) bond motifs is 1. The molecule has 0 bridgehead atoms. The molecule has 1 aromatic heterocycles. The molecule has 2 heteroatoms. The van der Waals surface area contributed by atoms with E-state index in [-0.39, 0.29) is 0 Å². The highest BCUT2D eigenvalue weighted by atomic mass is 15.1. The van der Waals surface area contributed by atoms with Crippen LogP contribution in [0.5, 0.6) is 0 Å². The molecule has 0 aliphatic rings. The van der Waals surface area contributed by atoms with Gasteiger partial charge in [0.25, 0.3) is 0 Å². The van der Waals surface area contributed by atoms with Crippen LogP contribution in [-0.2, 0) is 6.42 Å². The van der Waals surface area contributed by atoms with Crippen LogP contribution in [0.1, 0.15) is 32.8 Å². The Balaban J connectivity index is 0.000000293. The molecular formula is C12H18N2. The molecule has 0 aliphatic heterocycles. The van der Waals surface area contributed by atoms with E-state index in [1.165, 1.54) is 17.4 Å². The van der Waals surface area contributed by atoms with E-state index in [9.17, 15) is 0 Å². The highest BCUT2D eigenvalue weighted by Gasteiger charge is 1.94. The van der Waals surface area contributed by atoms with Gasteiger partial charge in [-0.1, -0.05) is 33.3 Å². The van der Waals surface area contributed by atoms with Gasteiger partial charge in [-0.2, -0.15) is 5.10 Å². The number of aryl methyl sites for hydroxylation is 1. The number of aromatic amines is 1. The van der Waals surface area contributed by atoms with Gasteiger partial charge < -0.3 is 0 Å². The summed E-state index contributed by atoms with van der Waals surface area (Å²) >= 11 is 0. The van der Waals surface area contributed by atoms with Gasteiger partial charge >= 0.3 is 0 Å². The highest BCUT2D eigenvalue weighted by Crippen LogP contribution is 2.12. The fourth-order valence-electron chi connectivity index (χ4n) is 1.21. The van der Waals surface area contributed by atoms with Crippen LogP contribution in [0, 0.1) is 0 Å². The minimum atomic E-state index is 1.08. The van der Waals surface area contributed by atoms with Crippen molar-refractivity contribution in [2.45, 2.75) is 33.6 Å². The second-order valence-electron chi connectivity index (χ2n) is 3.35. The molecular weight excluding hydrogens is 172 g/mol. The number of rotatable bonds is 1. The molecule has 0 spiro atoms. The van der Waals surface area contributed by atoms with Crippen LogP contribution in [0.2, 0.25) is 0 Å².